The third kappa shape index (κ3) is 2.27. The van der Waals surface area contributed by atoms with E-state index in [1.807, 2.05) is 0 Å². The summed E-state index contributed by atoms with van der Waals surface area (Å²) < 4.78 is 25.5. The van der Waals surface area contributed by atoms with Gasteiger partial charge in [-0.3, -0.25) is 0 Å². The van der Waals surface area contributed by atoms with Crippen LogP contribution in [0.15, 0.2) is 18.2 Å². The highest BCUT2D eigenvalue weighted by atomic mass is 19.1. The van der Waals surface area contributed by atoms with Crippen LogP contribution in [-0.2, 0) is 0 Å². The van der Waals surface area contributed by atoms with Gasteiger partial charge in [-0.25, -0.2) is 8.78 Å². The Bertz CT molecular complexity index is 341. The Morgan fingerprint density at radius 1 is 1.46 bits per heavy atom. The molecule has 0 spiro atoms. The molecule has 0 aliphatic heterocycles. The van der Waals surface area contributed by atoms with Gasteiger partial charge in [-0.05, 0) is 6.07 Å². The van der Waals surface area contributed by atoms with Crippen molar-refractivity contribution in [2.24, 2.45) is 5.73 Å². The van der Waals surface area contributed by atoms with Crippen LogP contribution in [-0.4, -0.2) is 0 Å². The molecule has 3 heteroatoms. The topological polar surface area (TPSA) is 26.0 Å². The summed E-state index contributed by atoms with van der Waals surface area (Å²) in [5.74, 6) is 1.06. The molecular formula is C10H9F2N. The summed E-state index contributed by atoms with van der Waals surface area (Å²) in [5.41, 5.74) is 5.80. The zero-order valence-corrected chi connectivity index (χ0v) is 6.93. The second-order valence-corrected chi connectivity index (χ2v) is 2.68. The van der Waals surface area contributed by atoms with Gasteiger partial charge in [-0.1, -0.05) is 6.07 Å². The predicted octanol–water partition coefficient (Wildman–Crippen LogP) is 1.99. The molecule has 1 atom stereocenters. The maximum absolute atomic E-state index is 13.0. The fourth-order valence-electron chi connectivity index (χ4n) is 1.04. The molecule has 2 N–H and O–H groups in total. The van der Waals surface area contributed by atoms with Crippen molar-refractivity contribution in [2.75, 3.05) is 0 Å². The lowest BCUT2D eigenvalue weighted by Gasteiger charge is -2.09. The fraction of sp³-hybridized carbons (Fsp3) is 0.200. The van der Waals surface area contributed by atoms with E-state index in [2.05, 4.69) is 5.92 Å². The average molecular weight is 181 g/mol. The largest absolute Gasteiger partial charge is 0.323 e. The number of hydrogen-bond acceptors (Lipinski definition) is 1. The van der Waals surface area contributed by atoms with Crippen LogP contribution in [0.1, 0.15) is 18.0 Å². The Balaban J connectivity index is 2.96. The molecule has 0 aliphatic rings. The first-order chi connectivity index (χ1) is 6.15. The van der Waals surface area contributed by atoms with Crippen LogP contribution in [0.3, 0.4) is 0 Å². The van der Waals surface area contributed by atoms with Crippen molar-refractivity contribution >= 4 is 0 Å². The normalized spacial score (nSPS) is 12.2. The number of hydrogen-bond donors (Lipinski definition) is 1. The molecule has 68 valence electrons. The quantitative estimate of drug-likeness (QED) is 0.694. The van der Waals surface area contributed by atoms with Crippen LogP contribution in [0.2, 0.25) is 0 Å². The van der Waals surface area contributed by atoms with Crippen LogP contribution in [0, 0.1) is 24.0 Å². The minimum atomic E-state index is -0.650. The molecule has 0 fully saturated rings. The molecule has 1 nitrogen and oxygen atoms in total. The van der Waals surface area contributed by atoms with Gasteiger partial charge in [0.1, 0.15) is 11.6 Å². The molecule has 0 aliphatic carbocycles. The van der Waals surface area contributed by atoms with Gasteiger partial charge >= 0.3 is 0 Å². The van der Waals surface area contributed by atoms with Crippen LogP contribution in [0.5, 0.6) is 0 Å². The van der Waals surface area contributed by atoms with Crippen LogP contribution in [0.4, 0.5) is 8.78 Å². The van der Waals surface area contributed by atoms with E-state index < -0.39 is 17.7 Å². The summed E-state index contributed by atoms with van der Waals surface area (Å²) in [5, 5.41) is 0. The predicted molar refractivity (Wildman–Crippen MR) is 46.7 cm³/mol. The summed E-state index contributed by atoms with van der Waals surface area (Å²) in [4.78, 5) is 0. The second-order valence-electron chi connectivity index (χ2n) is 2.68. The van der Waals surface area contributed by atoms with Gasteiger partial charge in [0.15, 0.2) is 0 Å². The van der Waals surface area contributed by atoms with Crippen LogP contribution >= 0.6 is 0 Å². The molecule has 0 amide bonds. The Morgan fingerprint density at radius 3 is 2.69 bits per heavy atom. The van der Waals surface area contributed by atoms with Gasteiger partial charge in [0.05, 0.1) is 0 Å². The van der Waals surface area contributed by atoms with Crippen LogP contribution in [0.25, 0.3) is 0 Å². The standard InChI is InChI=1S/C10H9F2N/c1-2-3-10(13)8-5-4-7(11)6-9(8)12/h1,4-6,10H,3,13H2. The highest BCUT2D eigenvalue weighted by Gasteiger charge is 2.10. The van der Waals surface area contributed by atoms with Gasteiger partial charge in [0.25, 0.3) is 0 Å². The summed E-state index contributed by atoms with van der Waals surface area (Å²) in [7, 11) is 0. The molecule has 1 rings (SSSR count). The summed E-state index contributed by atoms with van der Waals surface area (Å²) in [6.07, 6.45) is 5.26. The average Bonchev–Trinajstić information content (AvgIpc) is 2.04. The molecule has 1 unspecified atom stereocenters. The fourth-order valence-corrected chi connectivity index (χ4v) is 1.04. The third-order valence-corrected chi connectivity index (χ3v) is 1.70. The maximum Gasteiger partial charge on any atom is 0.130 e. The maximum atomic E-state index is 13.0. The molecule has 0 bridgehead atoms. The van der Waals surface area contributed by atoms with Gasteiger partial charge < -0.3 is 5.73 Å². The van der Waals surface area contributed by atoms with E-state index in [1.165, 1.54) is 6.07 Å². The van der Waals surface area contributed by atoms with Gasteiger partial charge in [-0.15, -0.1) is 12.3 Å². The zero-order valence-electron chi connectivity index (χ0n) is 6.93. The highest BCUT2D eigenvalue weighted by molar-refractivity contribution is 5.22. The number of terminal acetylenes is 1. The lowest BCUT2D eigenvalue weighted by Crippen LogP contribution is -2.11. The molecule has 1 aromatic rings. The highest BCUT2D eigenvalue weighted by Crippen LogP contribution is 2.18. The smallest absolute Gasteiger partial charge is 0.130 e. The molecule has 0 radical (unpaired) electrons. The molecule has 0 saturated heterocycles. The van der Waals surface area contributed by atoms with Crippen molar-refractivity contribution < 1.29 is 8.78 Å². The van der Waals surface area contributed by atoms with Crippen molar-refractivity contribution in [2.45, 2.75) is 12.5 Å². The van der Waals surface area contributed by atoms with Crippen molar-refractivity contribution in [3.63, 3.8) is 0 Å². The monoisotopic (exact) mass is 181 g/mol. The van der Waals surface area contributed by atoms with Crippen molar-refractivity contribution in [3.05, 3.63) is 35.4 Å². The first-order valence-electron chi connectivity index (χ1n) is 3.79. The lowest BCUT2D eigenvalue weighted by molar-refractivity contribution is 0.557. The Kier molecular flexibility index (Phi) is 2.99. The van der Waals surface area contributed by atoms with E-state index >= 15 is 0 Å². The van der Waals surface area contributed by atoms with Gasteiger partial charge in [-0.2, -0.15) is 0 Å². The van der Waals surface area contributed by atoms with Crippen LogP contribution < -0.4 is 5.73 Å². The van der Waals surface area contributed by atoms with E-state index in [0.29, 0.717) is 0 Å². The molecule has 1 aromatic carbocycles. The van der Waals surface area contributed by atoms with Gasteiger partial charge in [0, 0.05) is 24.1 Å². The second kappa shape index (κ2) is 4.01. The minimum absolute atomic E-state index is 0.239. The molecule has 0 heterocycles. The SMILES string of the molecule is C#CCC(N)c1ccc(F)cc1F. The van der Waals surface area contributed by atoms with E-state index in [4.69, 9.17) is 12.2 Å². The number of nitrogens with two attached hydrogens (primary N) is 1. The number of rotatable bonds is 2. The van der Waals surface area contributed by atoms with E-state index in [9.17, 15) is 8.78 Å². The Hall–Kier alpha value is -1.40. The first kappa shape index (κ1) is 9.69. The number of halogens is 2. The van der Waals surface area contributed by atoms with E-state index in [1.54, 1.807) is 0 Å². The number of benzene rings is 1. The third-order valence-electron chi connectivity index (χ3n) is 1.70. The molecule has 0 aromatic heterocycles. The lowest BCUT2D eigenvalue weighted by atomic mass is 10.0. The summed E-state index contributed by atoms with van der Waals surface area (Å²) >= 11 is 0. The molecule has 13 heavy (non-hydrogen) atoms. The van der Waals surface area contributed by atoms with Gasteiger partial charge in [0.2, 0.25) is 0 Å². The Labute approximate surface area is 75.6 Å². The summed E-state index contributed by atoms with van der Waals surface area (Å²) in [6, 6.07) is 2.71. The van der Waals surface area contributed by atoms with E-state index in [-0.39, 0.29) is 12.0 Å². The van der Waals surface area contributed by atoms with E-state index in [0.717, 1.165) is 12.1 Å². The molecule has 0 saturated carbocycles. The van der Waals surface area contributed by atoms with Crippen molar-refractivity contribution in [1.29, 1.82) is 0 Å². The van der Waals surface area contributed by atoms with Crippen molar-refractivity contribution in [1.82, 2.24) is 0 Å². The van der Waals surface area contributed by atoms with Crippen molar-refractivity contribution in [3.8, 4) is 12.3 Å². The minimum Gasteiger partial charge on any atom is -0.323 e. The molecular weight excluding hydrogens is 172 g/mol. The zero-order chi connectivity index (χ0) is 9.84. The Morgan fingerprint density at radius 2 is 2.15 bits per heavy atom. The first-order valence-corrected chi connectivity index (χ1v) is 3.79. The summed E-state index contributed by atoms with van der Waals surface area (Å²) in [6.45, 7) is 0.